The first-order valence-corrected chi connectivity index (χ1v) is 13.1. The van der Waals surface area contributed by atoms with Gasteiger partial charge < -0.3 is 14.8 Å². The van der Waals surface area contributed by atoms with Crippen molar-refractivity contribution >= 4 is 15.9 Å². The second-order valence-corrected chi connectivity index (χ2v) is 10.3. The average molecular weight is 468 g/mol. The maximum atomic E-state index is 12.6. The molecule has 32 heavy (non-hydrogen) atoms. The van der Waals surface area contributed by atoms with E-state index >= 15 is 0 Å². The minimum absolute atomic E-state index is 0.0158. The maximum absolute atomic E-state index is 12.6. The Balaban J connectivity index is 1.50. The van der Waals surface area contributed by atoms with E-state index in [-0.39, 0.29) is 11.9 Å². The van der Waals surface area contributed by atoms with Gasteiger partial charge in [0.2, 0.25) is 15.9 Å². The van der Waals surface area contributed by atoms with Crippen molar-refractivity contribution < 1.29 is 22.7 Å². The minimum Gasteiger partial charge on any atom is -0.381 e. The largest absolute Gasteiger partial charge is 0.381 e. The van der Waals surface area contributed by atoms with Gasteiger partial charge in [-0.3, -0.25) is 9.69 Å². The highest BCUT2D eigenvalue weighted by molar-refractivity contribution is 7.89. The average Bonchev–Trinajstić information content (AvgIpc) is 3.34. The number of ether oxygens (including phenoxy) is 2. The summed E-state index contributed by atoms with van der Waals surface area (Å²) in [6, 6.07) is 7.15. The van der Waals surface area contributed by atoms with E-state index in [4.69, 9.17) is 9.47 Å². The lowest BCUT2D eigenvalue weighted by molar-refractivity contribution is -0.121. The second-order valence-electron chi connectivity index (χ2n) is 8.38. The summed E-state index contributed by atoms with van der Waals surface area (Å²) < 4.78 is 37.7. The Hall–Kier alpha value is -1.52. The van der Waals surface area contributed by atoms with E-state index in [9.17, 15) is 13.2 Å². The molecule has 0 aliphatic carbocycles. The van der Waals surface area contributed by atoms with Gasteiger partial charge in [-0.15, -0.1) is 0 Å². The molecule has 2 unspecified atom stereocenters. The van der Waals surface area contributed by atoms with Crippen LogP contribution in [0.25, 0.3) is 0 Å². The maximum Gasteiger partial charge on any atom is 0.243 e. The molecule has 2 fully saturated rings. The van der Waals surface area contributed by atoms with Gasteiger partial charge in [-0.05, 0) is 30.5 Å². The van der Waals surface area contributed by atoms with Crippen molar-refractivity contribution in [2.75, 3.05) is 59.2 Å². The van der Waals surface area contributed by atoms with Crippen LogP contribution in [-0.4, -0.2) is 88.7 Å². The first kappa shape index (κ1) is 25.1. The van der Waals surface area contributed by atoms with E-state index in [2.05, 4.69) is 10.2 Å². The van der Waals surface area contributed by atoms with Crippen LogP contribution in [-0.2, 0) is 30.7 Å². The van der Waals surface area contributed by atoms with Crippen LogP contribution in [0.3, 0.4) is 0 Å². The van der Waals surface area contributed by atoms with Gasteiger partial charge in [0.05, 0.1) is 24.7 Å². The predicted octanol–water partition coefficient (Wildman–Crippen LogP) is 1.50. The van der Waals surface area contributed by atoms with Crippen LogP contribution < -0.4 is 5.32 Å². The molecule has 0 aromatic heterocycles. The summed E-state index contributed by atoms with van der Waals surface area (Å²) in [5, 5.41) is 3.11. The van der Waals surface area contributed by atoms with Gasteiger partial charge in [0.1, 0.15) is 0 Å². The molecule has 180 valence electrons. The van der Waals surface area contributed by atoms with Crippen molar-refractivity contribution in [2.24, 2.45) is 5.92 Å². The van der Waals surface area contributed by atoms with E-state index in [1.165, 1.54) is 4.31 Å². The normalized spacial score (nSPS) is 21.0. The first-order chi connectivity index (χ1) is 15.5. The molecule has 0 bridgehead atoms. The number of carbonyl (C=O) groups is 1. The number of rotatable bonds is 11. The van der Waals surface area contributed by atoms with E-state index in [0.29, 0.717) is 43.3 Å². The summed E-state index contributed by atoms with van der Waals surface area (Å²) in [5.74, 6) is 0.454. The lowest BCUT2D eigenvalue weighted by atomic mass is 9.96. The number of nitrogens with one attached hydrogen (secondary N) is 1. The number of hydrogen-bond donors (Lipinski definition) is 1. The third kappa shape index (κ3) is 6.51. The second kappa shape index (κ2) is 12.1. The Bertz CT molecular complexity index is 815. The summed E-state index contributed by atoms with van der Waals surface area (Å²) >= 11 is 0. The highest BCUT2D eigenvalue weighted by Crippen LogP contribution is 2.22. The number of aryl methyl sites for hydroxylation is 1. The van der Waals surface area contributed by atoms with Crippen LogP contribution in [0.4, 0.5) is 0 Å². The SMILES string of the molecule is CCN(CC)S(=O)(=O)c1ccc(CCC(=O)NCC(C2CCOC2)N2CCOCC2)cc1. The Morgan fingerprint density at radius 2 is 1.81 bits per heavy atom. The molecule has 3 rings (SSSR count). The van der Waals surface area contributed by atoms with Crippen molar-refractivity contribution in [3.63, 3.8) is 0 Å². The molecule has 2 aliphatic rings. The van der Waals surface area contributed by atoms with E-state index in [1.807, 2.05) is 13.8 Å². The topological polar surface area (TPSA) is 88.2 Å². The molecule has 0 saturated carbocycles. The van der Waals surface area contributed by atoms with Gasteiger partial charge >= 0.3 is 0 Å². The summed E-state index contributed by atoms with van der Waals surface area (Å²) in [7, 11) is -3.46. The zero-order valence-electron chi connectivity index (χ0n) is 19.3. The Labute approximate surface area is 192 Å². The molecule has 2 atom stereocenters. The fraction of sp³-hybridized carbons (Fsp3) is 0.696. The zero-order chi connectivity index (χ0) is 23.0. The molecule has 0 radical (unpaired) electrons. The van der Waals surface area contributed by atoms with Crippen LogP contribution in [0.15, 0.2) is 29.2 Å². The lowest BCUT2D eigenvalue weighted by Gasteiger charge is -2.37. The van der Waals surface area contributed by atoms with Crippen LogP contribution in [0.2, 0.25) is 0 Å². The minimum atomic E-state index is -3.46. The van der Waals surface area contributed by atoms with Crippen molar-refractivity contribution in [3.05, 3.63) is 29.8 Å². The molecular formula is C23H37N3O5S. The van der Waals surface area contributed by atoms with Crippen molar-refractivity contribution in [1.29, 1.82) is 0 Å². The number of amides is 1. The zero-order valence-corrected chi connectivity index (χ0v) is 20.1. The quantitative estimate of drug-likeness (QED) is 0.531. The molecule has 1 N–H and O–H groups in total. The molecule has 0 spiro atoms. The number of carbonyl (C=O) groups excluding carboxylic acids is 1. The van der Waals surface area contributed by atoms with E-state index < -0.39 is 10.0 Å². The molecule has 8 nitrogen and oxygen atoms in total. The molecule has 2 heterocycles. The smallest absolute Gasteiger partial charge is 0.243 e. The Kier molecular flexibility index (Phi) is 9.48. The fourth-order valence-corrected chi connectivity index (χ4v) is 5.92. The summed E-state index contributed by atoms with van der Waals surface area (Å²) in [6.07, 6.45) is 1.98. The fourth-order valence-electron chi connectivity index (χ4n) is 4.46. The van der Waals surface area contributed by atoms with Crippen molar-refractivity contribution in [3.8, 4) is 0 Å². The lowest BCUT2D eigenvalue weighted by Crippen LogP contribution is -2.52. The highest BCUT2D eigenvalue weighted by Gasteiger charge is 2.31. The third-order valence-electron chi connectivity index (χ3n) is 6.44. The van der Waals surface area contributed by atoms with E-state index in [1.54, 1.807) is 24.3 Å². The first-order valence-electron chi connectivity index (χ1n) is 11.7. The highest BCUT2D eigenvalue weighted by atomic mass is 32.2. The summed E-state index contributed by atoms with van der Waals surface area (Å²) in [4.78, 5) is 15.2. The number of nitrogens with zero attached hydrogens (tertiary/aromatic N) is 2. The summed E-state index contributed by atoms with van der Waals surface area (Å²) in [5.41, 5.74) is 0.951. The molecule has 2 saturated heterocycles. The Morgan fingerprint density at radius 1 is 1.12 bits per heavy atom. The third-order valence-corrected chi connectivity index (χ3v) is 8.50. The number of sulfonamides is 1. The Morgan fingerprint density at radius 3 is 2.41 bits per heavy atom. The molecule has 1 aromatic carbocycles. The van der Waals surface area contributed by atoms with Gasteiger partial charge in [-0.1, -0.05) is 26.0 Å². The summed E-state index contributed by atoms with van der Waals surface area (Å²) in [6.45, 7) is 9.96. The number of morpholine rings is 1. The molecule has 1 amide bonds. The van der Waals surface area contributed by atoms with Gasteiger partial charge in [-0.2, -0.15) is 4.31 Å². The van der Waals surface area contributed by atoms with Crippen LogP contribution in [0.5, 0.6) is 0 Å². The molecule has 1 aromatic rings. The number of benzene rings is 1. The molecular weight excluding hydrogens is 430 g/mol. The van der Waals surface area contributed by atoms with Crippen LogP contribution in [0, 0.1) is 5.92 Å². The van der Waals surface area contributed by atoms with Crippen molar-refractivity contribution in [1.82, 2.24) is 14.5 Å². The van der Waals surface area contributed by atoms with Crippen molar-refractivity contribution in [2.45, 2.75) is 44.0 Å². The molecule has 9 heteroatoms. The van der Waals surface area contributed by atoms with E-state index in [0.717, 1.165) is 51.5 Å². The predicted molar refractivity (Wildman–Crippen MR) is 123 cm³/mol. The molecule has 2 aliphatic heterocycles. The van der Waals surface area contributed by atoms with Crippen LogP contribution >= 0.6 is 0 Å². The van der Waals surface area contributed by atoms with Crippen LogP contribution in [0.1, 0.15) is 32.3 Å². The standard InChI is InChI=1S/C23H37N3O5S/c1-3-26(4-2)32(28,29)21-8-5-19(6-9-21)7-10-23(27)24-17-22(20-11-14-31-18-20)25-12-15-30-16-13-25/h5-6,8-9,20,22H,3-4,7,10-18H2,1-2H3,(H,24,27). The number of hydrogen-bond acceptors (Lipinski definition) is 6. The van der Waals surface area contributed by atoms with Gasteiger partial charge in [0.15, 0.2) is 0 Å². The van der Waals surface area contributed by atoms with Gasteiger partial charge in [-0.25, -0.2) is 8.42 Å². The van der Waals surface area contributed by atoms with Gasteiger partial charge in [0.25, 0.3) is 0 Å². The monoisotopic (exact) mass is 467 g/mol. The van der Waals surface area contributed by atoms with Gasteiger partial charge in [0, 0.05) is 57.7 Å².